The van der Waals surface area contributed by atoms with Gasteiger partial charge in [-0.25, -0.2) is 0 Å². The molecule has 6 rings (SSSR count). The summed E-state index contributed by atoms with van der Waals surface area (Å²) in [5, 5.41) is 2.83. The maximum atomic E-state index is 14.1. The Morgan fingerprint density at radius 1 is 0.795 bits per heavy atom. The van der Waals surface area contributed by atoms with Crippen LogP contribution in [0, 0.1) is 6.92 Å². The number of aryl methyl sites for hydroxylation is 1. The van der Waals surface area contributed by atoms with E-state index in [4.69, 9.17) is 9.47 Å². The van der Waals surface area contributed by atoms with Gasteiger partial charge in [0.15, 0.2) is 6.61 Å². The zero-order valence-corrected chi connectivity index (χ0v) is 24.6. The number of carbonyl (C=O) groups excluding carboxylic acids is 2. The SMILES string of the molecule is COc1ccccc1NC(=O)COc1ccc([C@@H]2N(Cc3ccccc3)c3ccccc3C(=O)N2c2ccc(C)cc2)cc1. The molecule has 1 atom stereocenters. The summed E-state index contributed by atoms with van der Waals surface area (Å²) in [5.74, 6) is 0.759. The van der Waals surface area contributed by atoms with Crippen LogP contribution in [0.15, 0.2) is 127 Å². The quantitative estimate of drug-likeness (QED) is 0.196. The Hall–Kier alpha value is -5.56. The highest BCUT2D eigenvalue weighted by molar-refractivity contribution is 6.12. The van der Waals surface area contributed by atoms with Crippen LogP contribution < -0.4 is 24.6 Å². The number of hydrogen-bond acceptors (Lipinski definition) is 5. The van der Waals surface area contributed by atoms with Gasteiger partial charge in [0.1, 0.15) is 17.7 Å². The molecule has 5 aromatic carbocycles. The number of nitrogens with one attached hydrogen (secondary N) is 1. The molecule has 0 saturated carbocycles. The fourth-order valence-corrected chi connectivity index (χ4v) is 5.48. The summed E-state index contributed by atoms with van der Waals surface area (Å²) >= 11 is 0. The molecule has 7 nitrogen and oxygen atoms in total. The minimum atomic E-state index is -0.428. The zero-order chi connectivity index (χ0) is 30.5. The molecule has 1 aliphatic rings. The summed E-state index contributed by atoms with van der Waals surface area (Å²) in [5.41, 5.74) is 6.08. The van der Waals surface area contributed by atoms with Crippen molar-refractivity contribution in [2.24, 2.45) is 0 Å². The Kier molecular flexibility index (Phi) is 8.28. The minimum Gasteiger partial charge on any atom is -0.495 e. The van der Waals surface area contributed by atoms with Crippen molar-refractivity contribution in [2.75, 3.05) is 28.8 Å². The van der Waals surface area contributed by atoms with Crippen molar-refractivity contribution < 1.29 is 19.1 Å². The fraction of sp³-hybridized carbons (Fsp3) is 0.135. The van der Waals surface area contributed by atoms with Crippen LogP contribution in [0.3, 0.4) is 0 Å². The second-order valence-corrected chi connectivity index (χ2v) is 10.6. The number of para-hydroxylation sites is 3. The lowest BCUT2D eigenvalue weighted by molar-refractivity contribution is -0.118. The lowest BCUT2D eigenvalue weighted by atomic mass is 9.99. The van der Waals surface area contributed by atoms with E-state index in [0.29, 0.717) is 29.3 Å². The summed E-state index contributed by atoms with van der Waals surface area (Å²) in [6, 6.07) is 40.9. The van der Waals surface area contributed by atoms with Gasteiger partial charge in [0.2, 0.25) is 0 Å². The first kappa shape index (κ1) is 28.6. The van der Waals surface area contributed by atoms with E-state index in [1.165, 1.54) is 0 Å². The number of nitrogens with zero attached hydrogens (tertiary/aromatic N) is 2. The number of ether oxygens (including phenoxy) is 2. The molecule has 7 heteroatoms. The first-order valence-corrected chi connectivity index (χ1v) is 14.5. The predicted molar refractivity (Wildman–Crippen MR) is 173 cm³/mol. The van der Waals surface area contributed by atoms with Crippen molar-refractivity contribution in [2.45, 2.75) is 19.6 Å². The number of benzene rings is 5. The summed E-state index contributed by atoms with van der Waals surface area (Å²) < 4.78 is 11.1. The number of carbonyl (C=O) groups is 2. The average Bonchev–Trinajstić information content (AvgIpc) is 3.06. The van der Waals surface area contributed by atoms with Crippen LogP contribution in [0.5, 0.6) is 11.5 Å². The Bertz CT molecular complexity index is 1750. The molecule has 5 aromatic rings. The summed E-state index contributed by atoms with van der Waals surface area (Å²) in [4.78, 5) is 30.9. The van der Waals surface area contributed by atoms with E-state index in [-0.39, 0.29) is 18.4 Å². The lowest BCUT2D eigenvalue weighted by Crippen LogP contribution is -2.49. The van der Waals surface area contributed by atoms with Gasteiger partial charge in [0, 0.05) is 12.2 Å². The number of anilines is 3. The van der Waals surface area contributed by atoms with Gasteiger partial charge in [0.05, 0.1) is 24.0 Å². The summed E-state index contributed by atoms with van der Waals surface area (Å²) in [6.07, 6.45) is -0.428. The summed E-state index contributed by atoms with van der Waals surface area (Å²) in [6.45, 7) is 2.47. The van der Waals surface area contributed by atoms with Gasteiger partial charge >= 0.3 is 0 Å². The smallest absolute Gasteiger partial charge is 0.262 e. The Balaban J connectivity index is 1.31. The number of rotatable bonds is 9. The van der Waals surface area contributed by atoms with Crippen LogP contribution in [0.25, 0.3) is 0 Å². The van der Waals surface area contributed by atoms with Gasteiger partial charge in [-0.1, -0.05) is 84.4 Å². The highest BCUT2D eigenvalue weighted by atomic mass is 16.5. The Morgan fingerprint density at radius 3 is 2.23 bits per heavy atom. The van der Waals surface area contributed by atoms with Crippen molar-refractivity contribution in [3.63, 3.8) is 0 Å². The van der Waals surface area contributed by atoms with Crippen molar-refractivity contribution in [1.29, 1.82) is 0 Å². The Morgan fingerprint density at radius 2 is 1.48 bits per heavy atom. The van der Waals surface area contributed by atoms with Gasteiger partial charge in [-0.2, -0.15) is 0 Å². The largest absolute Gasteiger partial charge is 0.495 e. The van der Waals surface area contributed by atoms with E-state index in [1.54, 1.807) is 19.2 Å². The summed E-state index contributed by atoms with van der Waals surface area (Å²) in [7, 11) is 1.56. The van der Waals surface area contributed by atoms with E-state index in [0.717, 1.165) is 28.1 Å². The van der Waals surface area contributed by atoms with Crippen LogP contribution in [0.1, 0.15) is 33.2 Å². The first-order chi connectivity index (χ1) is 21.5. The molecular formula is C37H33N3O4. The monoisotopic (exact) mass is 583 g/mol. The van der Waals surface area contributed by atoms with Gasteiger partial charge in [-0.05, 0) is 66.6 Å². The van der Waals surface area contributed by atoms with E-state index in [9.17, 15) is 9.59 Å². The number of methoxy groups -OCH3 is 1. The van der Waals surface area contributed by atoms with Gasteiger partial charge in [-0.3, -0.25) is 14.5 Å². The molecule has 0 fully saturated rings. The number of hydrogen-bond donors (Lipinski definition) is 1. The lowest BCUT2D eigenvalue weighted by Gasteiger charge is -2.46. The Labute approximate surface area is 257 Å². The molecular weight excluding hydrogens is 550 g/mol. The zero-order valence-electron chi connectivity index (χ0n) is 24.6. The molecule has 2 amide bonds. The molecule has 0 unspecified atom stereocenters. The minimum absolute atomic E-state index is 0.0629. The van der Waals surface area contributed by atoms with Crippen LogP contribution in [-0.4, -0.2) is 25.5 Å². The molecule has 0 saturated heterocycles. The van der Waals surface area contributed by atoms with Crippen LogP contribution in [-0.2, 0) is 11.3 Å². The molecule has 1 heterocycles. The second-order valence-electron chi connectivity index (χ2n) is 10.6. The van der Waals surface area contributed by atoms with Gasteiger partial charge in [0.25, 0.3) is 11.8 Å². The third kappa shape index (κ3) is 5.99. The highest BCUT2D eigenvalue weighted by Gasteiger charge is 2.39. The molecule has 0 spiro atoms. The highest BCUT2D eigenvalue weighted by Crippen LogP contribution is 2.42. The van der Waals surface area contributed by atoms with E-state index in [2.05, 4.69) is 22.3 Å². The molecule has 0 radical (unpaired) electrons. The number of fused-ring (bicyclic) bond motifs is 1. The van der Waals surface area contributed by atoms with E-state index < -0.39 is 6.17 Å². The topological polar surface area (TPSA) is 71.1 Å². The van der Waals surface area contributed by atoms with Crippen molar-refractivity contribution in [3.8, 4) is 11.5 Å². The second kappa shape index (κ2) is 12.8. The first-order valence-electron chi connectivity index (χ1n) is 14.5. The standard InChI is InChI=1S/C37H33N3O4/c1-26-16-20-29(21-17-26)40-36(39(24-27-10-4-3-5-11-27)33-14-8-6-12-31(33)37(40)42)28-18-22-30(23-19-28)44-25-35(41)38-32-13-7-9-15-34(32)43-2/h3-23,36H,24-25H2,1-2H3,(H,38,41)/t36-/m1/s1. The maximum absolute atomic E-state index is 14.1. The van der Waals surface area contributed by atoms with Gasteiger partial charge < -0.3 is 19.7 Å². The molecule has 44 heavy (non-hydrogen) atoms. The van der Waals surface area contributed by atoms with Gasteiger partial charge in [-0.15, -0.1) is 0 Å². The van der Waals surface area contributed by atoms with Crippen LogP contribution in [0.4, 0.5) is 17.1 Å². The van der Waals surface area contributed by atoms with E-state index >= 15 is 0 Å². The third-order valence-corrected chi connectivity index (χ3v) is 7.64. The number of amides is 2. The molecule has 0 aromatic heterocycles. The normalized spacial score (nSPS) is 14.1. The molecule has 1 N–H and O–H groups in total. The fourth-order valence-electron chi connectivity index (χ4n) is 5.48. The van der Waals surface area contributed by atoms with Crippen molar-refractivity contribution >= 4 is 28.9 Å². The van der Waals surface area contributed by atoms with Crippen molar-refractivity contribution in [1.82, 2.24) is 0 Å². The van der Waals surface area contributed by atoms with E-state index in [1.807, 2.05) is 115 Å². The maximum Gasteiger partial charge on any atom is 0.262 e. The van der Waals surface area contributed by atoms with Crippen LogP contribution in [0.2, 0.25) is 0 Å². The average molecular weight is 584 g/mol. The molecule has 0 aliphatic carbocycles. The molecule has 1 aliphatic heterocycles. The molecule has 0 bridgehead atoms. The van der Waals surface area contributed by atoms with Crippen molar-refractivity contribution in [3.05, 3.63) is 150 Å². The van der Waals surface area contributed by atoms with Crippen LogP contribution >= 0.6 is 0 Å². The third-order valence-electron chi connectivity index (χ3n) is 7.64. The predicted octanol–water partition coefficient (Wildman–Crippen LogP) is 7.39. The molecule has 220 valence electrons.